The molecule has 2 aliphatic rings. The molecule has 34 heavy (non-hydrogen) atoms. The number of nitrogens with zero attached hydrogens (tertiary/aromatic N) is 1. The van der Waals surface area contributed by atoms with Gasteiger partial charge in [0.05, 0.1) is 6.61 Å². The first-order valence-electron chi connectivity index (χ1n) is 11.8. The lowest BCUT2D eigenvalue weighted by Crippen LogP contribution is -2.59. The van der Waals surface area contributed by atoms with E-state index >= 15 is 0 Å². The molecular weight excluding hydrogens is 438 g/mol. The van der Waals surface area contributed by atoms with E-state index in [2.05, 4.69) is 5.32 Å². The van der Waals surface area contributed by atoms with Crippen molar-refractivity contribution in [3.8, 4) is 0 Å². The largest absolute Gasteiger partial charge is 0.445 e. The van der Waals surface area contributed by atoms with E-state index in [9.17, 15) is 14.4 Å². The van der Waals surface area contributed by atoms with Crippen LogP contribution in [-0.4, -0.2) is 66.4 Å². The molecule has 9 heteroatoms. The summed E-state index contributed by atoms with van der Waals surface area (Å²) in [6.45, 7) is 8.38. The van der Waals surface area contributed by atoms with Gasteiger partial charge in [0.2, 0.25) is 5.91 Å². The molecule has 2 atom stereocenters. The Bertz CT molecular complexity index is 888. The standard InChI is InChI=1S/C25H37N3O6/c1-23(2)17-33-24(3,4)34-20(23)21(30)27-13-11-19(29)25(16-26)12-8-14-28(25)22(31)32-15-18-9-6-5-7-10-18/h5-7,9-10,20H,8,11-17,26H2,1-4H3,(H,27,30)/t20?,25-/m0/s1. The second-order valence-corrected chi connectivity index (χ2v) is 10.2. The van der Waals surface area contributed by atoms with E-state index in [-0.39, 0.29) is 37.8 Å². The second-order valence-electron chi connectivity index (χ2n) is 10.2. The highest BCUT2D eigenvalue weighted by atomic mass is 16.7. The van der Waals surface area contributed by atoms with Crippen LogP contribution in [0.5, 0.6) is 0 Å². The van der Waals surface area contributed by atoms with Crippen LogP contribution in [0.3, 0.4) is 0 Å². The van der Waals surface area contributed by atoms with Crippen molar-refractivity contribution in [2.45, 2.75) is 71.0 Å². The zero-order chi connectivity index (χ0) is 25.0. The number of Topliss-reactive ketones (excluding diaryl/α,β-unsaturated/α-hetero) is 1. The van der Waals surface area contributed by atoms with E-state index < -0.39 is 28.9 Å². The number of nitrogens with two attached hydrogens (primary N) is 1. The van der Waals surface area contributed by atoms with Gasteiger partial charge in [0, 0.05) is 31.5 Å². The topological polar surface area (TPSA) is 120 Å². The first-order valence-corrected chi connectivity index (χ1v) is 11.8. The molecule has 1 aromatic rings. The summed E-state index contributed by atoms with van der Waals surface area (Å²) in [5.74, 6) is -1.33. The van der Waals surface area contributed by atoms with Gasteiger partial charge >= 0.3 is 6.09 Å². The first-order chi connectivity index (χ1) is 16.0. The summed E-state index contributed by atoms with van der Waals surface area (Å²) in [5.41, 5.74) is 5.27. The summed E-state index contributed by atoms with van der Waals surface area (Å²) in [4.78, 5) is 40.3. The molecule has 1 aromatic carbocycles. The summed E-state index contributed by atoms with van der Waals surface area (Å²) < 4.78 is 17.0. The zero-order valence-corrected chi connectivity index (χ0v) is 20.6. The van der Waals surface area contributed by atoms with Gasteiger partial charge in [-0.3, -0.25) is 14.5 Å². The average Bonchev–Trinajstić information content (AvgIpc) is 3.25. The molecule has 3 N–H and O–H groups in total. The minimum absolute atomic E-state index is 0.00448. The Morgan fingerprint density at radius 2 is 1.88 bits per heavy atom. The summed E-state index contributed by atoms with van der Waals surface area (Å²) >= 11 is 0. The van der Waals surface area contributed by atoms with Gasteiger partial charge in [-0.2, -0.15) is 0 Å². The molecule has 0 bridgehead atoms. The number of carbonyl (C=O) groups excluding carboxylic acids is 3. The molecule has 1 unspecified atom stereocenters. The van der Waals surface area contributed by atoms with Crippen LogP contribution < -0.4 is 11.1 Å². The van der Waals surface area contributed by atoms with Gasteiger partial charge in [0.25, 0.3) is 0 Å². The van der Waals surface area contributed by atoms with Crippen LogP contribution in [0.15, 0.2) is 30.3 Å². The van der Waals surface area contributed by atoms with Gasteiger partial charge in [-0.05, 0) is 32.3 Å². The number of rotatable bonds is 8. The van der Waals surface area contributed by atoms with Crippen molar-refractivity contribution >= 4 is 17.8 Å². The number of hydrogen-bond donors (Lipinski definition) is 2. The molecule has 0 aliphatic carbocycles. The normalized spacial score (nSPS) is 25.6. The quantitative estimate of drug-likeness (QED) is 0.592. The Balaban J connectivity index is 1.57. The smallest absolute Gasteiger partial charge is 0.410 e. The zero-order valence-electron chi connectivity index (χ0n) is 20.6. The van der Waals surface area contributed by atoms with E-state index in [0.29, 0.717) is 26.0 Å². The number of nitrogens with one attached hydrogen (secondary N) is 1. The highest BCUT2D eigenvalue weighted by molar-refractivity contribution is 5.93. The second kappa shape index (κ2) is 10.4. The third kappa shape index (κ3) is 5.76. The Kier molecular flexibility index (Phi) is 8.00. The summed E-state index contributed by atoms with van der Waals surface area (Å²) in [6, 6.07) is 9.36. The molecule has 3 rings (SSSR count). The third-order valence-corrected chi connectivity index (χ3v) is 6.56. The Labute approximate surface area is 201 Å². The van der Waals surface area contributed by atoms with Gasteiger partial charge in [-0.1, -0.05) is 44.2 Å². The fourth-order valence-corrected chi connectivity index (χ4v) is 4.50. The molecule has 2 fully saturated rings. The van der Waals surface area contributed by atoms with Gasteiger partial charge < -0.3 is 25.3 Å². The highest BCUT2D eigenvalue weighted by Crippen LogP contribution is 2.35. The number of ketones is 1. The Morgan fingerprint density at radius 3 is 2.56 bits per heavy atom. The molecule has 0 aromatic heterocycles. The number of ether oxygens (including phenoxy) is 3. The number of amides is 2. The SMILES string of the molecule is CC1(C)OCC(C)(C)C(C(=O)NCCC(=O)[C@@]2(CN)CCCN2C(=O)OCc2ccccc2)O1. The number of carbonyl (C=O) groups is 3. The number of hydrogen-bond acceptors (Lipinski definition) is 7. The van der Waals surface area contributed by atoms with Gasteiger partial charge in [-0.25, -0.2) is 4.79 Å². The first kappa shape index (κ1) is 26.1. The van der Waals surface area contributed by atoms with E-state index in [4.69, 9.17) is 19.9 Å². The van der Waals surface area contributed by atoms with Crippen LogP contribution >= 0.6 is 0 Å². The molecule has 2 saturated heterocycles. The lowest BCUT2D eigenvalue weighted by molar-refractivity contribution is -0.304. The summed E-state index contributed by atoms with van der Waals surface area (Å²) in [7, 11) is 0. The van der Waals surface area contributed by atoms with Gasteiger partial charge in [0.1, 0.15) is 18.2 Å². The molecule has 2 amide bonds. The average molecular weight is 476 g/mol. The molecule has 188 valence electrons. The van der Waals surface area contributed by atoms with Crippen molar-refractivity contribution in [2.75, 3.05) is 26.2 Å². The van der Waals surface area contributed by atoms with Crippen LogP contribution in [0.2, 0.25) is 0 Å². The minimum atomic E-state index is -1.12. The van der Waals surface area contributed by atoms with Gasteiger partial charge in [0.15, 0.2) is 11.6 Å². The minimum Gasteiger partial charge on any atom is -0.445 e. The van der Waals surface area contributed by atoms with Crippen molar-refractivity contribution in [1.82, 2.24) is 10.2 Å². The summed E-state index contributed by atoms with van der Waals surface area (Å²) in [6.07, 6.45) is -0.0662. The van der Waals surface area contributed by atoms with Crippen LogP contribution in [-0.2, 0) is 30.4 Å². The third-order valence-electron chi connectivity index (χ3n) is 6.56. The van der Waals surface area contributed by atoms with E-state index in [1.807, 2.05) is 44.2 Å². The highest BCUT2D eigenvalue weighted by Gasteiger charge is 2.49. The molecule has 9 nitrogen and oxygen atoms in total. The molecule has 2 heterocycles. The Hall–Kier alpha value is -2.49. The van der Waals surface area contributed by atoms with E-state index in [0.717, 1.165) is 5.56 Å². The van der Waals surface area contributed by atoms with Crippen LogP contribution in [0, 0.1) is 5.41 Å². The van der Waals surface area contributed by atoms with Crippen molar-refractivity contribution in [3.05, 3.63) is 35.9 Å². The maximum absolute atomic E-state index is 13.2. The fourth-order valence-electron chi connectivity index (χ4n) is 4.50. The predicted octanol–water partition coefficient (Wildman–Crippen LogP) is 2.37. The maximum atomic E-state index is 13.2. The van der Waals surface area contributed by atoms with Crippen molar-refractivity contribution in [1.29, 1.82) is 0 Å². The van der Waals surface area contributed by atoms with Crippen molar-refractivity contribution < 1.29 is 28.6 Å². The maximum Gasteiger partial charge on any atom is 0.410 e. The molecule has 0 radical (unpaired) electrons. The van der Waals surface area contributed by atoms with Crippen LogP contribution in [0.4, 0.5) is 4.79 Å². The molecule has 2 aliphatic heterocycles. The molecular formula is C25H37N3O6. The number of likely N-dealkylation sites (tertiary alicyclic amines) is 1. The van der Waals surface area contributed by atoms with E-state index in [1.165, 1.54) is 4.90 Å². The lowest BCUT2D eigenvalue weighted by atomic mass is 9.85. The Morgan fingerprint density at radius 1 is 1.18 bits per heavy atom. The monoisotopic (exact) mass is 475 g/mol. The van der Waals surface area contributed by atoms with Gasteiger partial charge in [-0.15, -0.1) is 0 Å². The predicted molar refractivity (Wildman–Crippen MR) is 126 cm³/mol. The lowest BCUT2D eigenvalue weighted by Gasteiger charge is -2.44. The van der Waals surface area contributed by atoms with Crippen LogP contribution in [0.25, 0.3) is 0 Å². The van der Waals surface area contributed by atoms with Crippen molar-refractivity contribution in [2.24, 2.45) is 11.1 Å². The number of benzene rings is 1. The summed E-state index contributed by atoms with van der Waals surface area (Å²) in [5, 5.41) is 2.82. The van der Waals surface area contributed by atoms with Crippen LogP contribution in [0.1, 0.15) is 52.5 Å². The van der Waals surface area contributed by atoms with Crippen molar-refractivity contribution in [3.63, 3.8) is 0 Å². The van der Waals surface area contributed by atoms with E-state index in [1.54, 1.807) is 13.8 Å². The fraction of sp³-hybridized carbons (Fsp3) is 0.640. The molecule has 0 spiro atoms. The molecule has 0 saturated carbocycles.